The van der Waals surface area contributed by atoms with Crippen molar-refractivity contribution in [3.63, 3.8) is 0 Å². The fourth-order valence-electron chi connectivity index (χ4n) is 2.85. The minimum Gasteiger partial charge on any atom is -0.481 e. The number of carboxylic acids is 1. The summed E-state index contributed by atoms with van der Waals surface area (Å²) in [5.41, 5.74) is 2.48. The molecule has 1 aromatic carbocycles. The molecule has 2 rings (SSSR count). The number of aryl methyl sites for hydroxylation is 1. The number of carboxylic acid groups (broad SMARTS) is 1. The molecule has 1 N–H and O–H groups in total. The van der Waals surface area contributed by atoms with Crippen LogP contribution >= 0.6 is 0 Å². The summed E-state index contributed by atoms with van der Waals surface area (Å²) in [6.45, 7) is 3.06. The van der Waals surface area contributed by atoms with Crippen LogP contribution in [0.4, 0.5) is 0 Å². The van der Waals surface area contributed by atoms with Gasteiger partial charge < -0.3 is 5.11 Å². The third-order valence-corrected chi connectivity index (χ3v) is 3.59. The molecular weight excluding hydrogens is 214 g/mol. The topological polar surface area (TPSA) is 40.5 Å². The van der Waals surface area contributed by atoms with E-state index in [9.17, 15) is 4.79 Å². The van der Waals surface area contributed by atoms with Crippen molar-refractivity contribution >= 4 is 5.97 Å². The zero-order valence-corrected chi connectivity index (χ0v) is 10.4. The number of aliphatic carboxylic acids is 1. The molecule has 1 aliphatic heterocycles. The van der Waals surface area contributed by atoms with Gasteiger partial charge >= 0.3 is 5.97 Å². The maximum atomic E-state index is 10.9. The molecule has 3 heteroatoms. The van der Waals surface area contributed by atoms with Gasteiger partial charge in [-0.3, -0.25) is 9.69 Å². The molecule has 0 saturated carbocycles. The van der Waals surface area contributed by atoms with Crippen LogP contribution in [0.1, 0.15) is 30.0 Å². The Morgan fingerprint density at radius 3 is 2.94 bits per heavy atom. The normalized spacial score (nSPS) is 25.1. The first kappa shape index (κ1) is 12.1. The van der Waals surface area contributed by atoms with Crippen molar-refractivity contribution in [2.24, 2.45) is 5.92 Å². The third-order valence-electron chi connectivity index (χ3n) is 3.59. The van der Waals surface area contributed by atoms with Crippen LogP contribution in [-0.2, 0) is 4.79 Å². The number of rotatable bonds is 3. The number of likely N-dealkylation sites (tertiary alicyclic amines) is 1. The number of carbonyl (C=O) groups is 1. The first-order valence-electron chi connectivity index (χ1n) is 6.06. The molecule has 92 valence electrons. The van der Waals surface area contributed by atoms with Crippen LogP contribution in [0.3, 0.4) is 0 Å². The van der Waals surface area contributed by atoms with Crippen molar-refractivity contribution in [1.29, 1.82) is 0 Å². The standard InChI is InChI=1S/C14H19NO2/c1-10-4-3-5-11(8-10)14-12(9-13(16)17)6-7-15(14)2/h3-5,8,12,14H,6-7,9H2,1-2H3,(H,16,17)/t12-,14-/m1/s1. The molecule has 0 unspecified atom stereocenters. The second-order valence-electron chi connectivity index (χ2n) is 4.99. The predicted molar refractivity (Wildman–Crippen MR) is 66.9 cm³/mol. The second-order valence-corrected chi connectivity index (χ2v) is 4.99. The summed E-state index contributed by atoms with van der Waals surface area (Å²) in [6.07, 6.45) is 1.24. The van der Waals surface area contributed by atoms with Gasteiger partial charge in [0.05, 0.1) is 6.42 Å². The van der Waals surface area contributed by atoms with Gasteiger partial charge in [-0.2, -0.15) is 0 Å². The van der Waals surface area contributed by atoms with Gasteiger partial charge in [0.1, 0.15) is 0 Å². The average molecular weight is 233 g/mol. The molecule has 0 bridgehead atoms. The van der Waals surface area contributed by atoms with Gasteiger partial charge in [-0.05, 0) is 38.4 Å². The van der Waals surface area contributed by atoms with Crippen LogP contribution in [0.5, 0.6) is 0 Å². The van der Waals surface area contributed by atoms with Crippen LogP contribution in [0.15, 0.2) is 24.3 Å². The molecule has 1 aliphatic rings. The van der Waals surface area contributed by atoms with Crippen LogP contribution in [0.2, 0.25) is 0 Å². The highest BCUT2D eigenvalue weighted by Crippen LogP contribution is 2.38. The second kappa shape index (κ2) is 4.88. The number of nitrogens with zero attached hydrogens (tertiary/aromatic N) is 1. The lowest BCUT2D eigenvalue weighted by molar-refractivity contribution is -0.138. The highest BCUT2D eigenvalue weighted by atomic mass is 16.4. The Kier molecular flexibility index (Phi) is 3.48. The van der Waals surface area contributed by atoms with E-state index in [-0.39, 0.29) is 18.4 Å². The molecule has 17 heavy (non-hydrogen) atoms. The van der Waals surface area contributed by atoms with Crippen LogP contribution in [0.25, 0.3) is 0 Å². The van der Waals surface area contributed by atoms with Gasteiger partial charge in [0.2, 0.25) is 0 Å². The smallest absolute Gasteiger partial charge is 0.303 e. The maximum Gasteiger partial charge on any atom is 0.303 e. The van der Waals surface area contributed by atoms with E-state index in [1.807, 2.05) is 0 Å². The van der Waals surface area contributed by atoms with Crippen LogP contribution in [-0.4, -0.2) is 29.6 Å². The number of hydrogen-bond acceptors (Lipinski definition) is 2. The summed E-state index contributed by atoms with van der Waals surface area (Å²) in [6, 6.07) is 8.65. The van der Waals surface area contributed by atoms with Gasteiger partial charge in [-0.15, -0.1) is 0 Å². The molecular formula is C14H19NO2. The quantitative estimate of drug-likeness (QED) is 0.871. The van der Waals surface area contributed by atoms with Gasteiger partial charge in [0.25, 0.3) is 0 Å². The molecule has 0 amide bonds. The maximum absolute atomic E-state index is 10.9. The number of benzene rings is 1. The summed E-state index contributed by atoms with van der Waals surface area (Å²) >= 11 is 0. The fraction of sp³-hybridized carbons (Fsp3) is 0.500. The lowest BCUT2D eigenvalue weighted by Crippen LogP contribution is -2.22. The molecule has 0 spiro atoms. The van der Waals surface area contributed by atoms with Gasteiger partial charge in [0.15, 0.2) is 0 Å². The zero-order chi connectivity index (χ0) is 12.4. The van der Waals surface area contributed by atoms with Crippen molar-refractivity contribution in [1.82, 2.24) is 4.90 Å². The Morgan fingerprint density at radius 2 is 2.29 bits per heavy atom. The fourth-order valence-corrected chi connectivity index (χ4v) is 2.85. The molecule has 1 heterocycles. The summed E-state index contributed by atoms with van der Waals surface area (Å²) in [4.78, 5) is 13.2. The van der Waals surface area contributed by atoms with E-state index in [1.54, 1.807) is 0 Å². The number of hydrogen-bond donors (Lipinski definition) is 1. The van der Waals surface area contributed by atoms with Crippen molar-refractivity contribution in [2.75, 3.05) is 13.6 Å². The van der Waals surface area contributed by atoms with Crippen LogP contribution in [0, 0.1) is 12.8 Å². The Hall–Kier alpha value is -1.35. The van der Waals surface area contributed by atoms with E-state index in [4.69, 9.17) is 5.11 Å². The Labute approximate surface area is 102 Å². The monoisotopic (exact) mass is 233 g/mol. The summed E-state index contributed by atoms with van der Waals surface area (Å²) in [5.74, 6) is -0.456. The Balaban J connectivity index is 2.24. The minimum atomic E-state index is -0.692. The molecule has 3 nitrogen and oxygen atoms in total. The van der Waals surface area contributed by atoms with Gasteiger partial charge in [-0.25, -0.2) is 0 Å². The molecule has 0 aliphatic carbocycles. The first-order chi connectivity index (χ1) is 8.08. The Bertz CT molecular complexity index is 416. The predicted octanol–water partition coefficient (Wildman–Crippen LogP) is 2.46. The van der Waals surface area contributed by atoms with E-state index in [0.717, 1.165) is 13.0 Å². The van der Waals surface area contributed by atoms with E-state index in [0.29, 0.717) is 0 Å². The molecule has 1 saturated heterocycles. The van der Waals surface area contributed by atoms with Gasteiger partial charge in [0, 0.05) is 6.04 Å². The van der Waals surface area contributed by atoms with E-state index >= 15 is 0 Å². The highest BCUT2D eigenvalue weighted by molar-refractivity contribution is 5.67. The molecule has 1 aromatic rings. The Morgan fingerprint density at radius 1 is 1.53 bits per heavy atom. The lowest BCUT2D eigenvalue weighted by atomic mass is 9.90. The molecule has 2 atom stereocenters. The highest BCUT2D eigenvalue weighted by Gasteiger charge is 2.34. The summed E-state index contributed by atoms with van der Waals surface area (Å²) in [5, 5.41) is 8.96. The van der Waals surface area contributed by atoms with Crippen molar-refractivity contribution in [2.45, 2.75) is 25.8 Å². The van der Waals surface area contributed by atoms with Gasteiger partial charge in [-0.1, -0.05) is 29.8 Å². The summed E-state index contributed by atoms with van der Waals surface area (Å²) in [7, 11) is 2.08. The average Bonchev–Trinajstić information content (AvgIpc) is 2.59. The van der Waals surface area contributed by atoms with Crippen molar-refractivity contribution in [3.05, 3.63) is 35.4 Å². The largest absolute Gasteiger partial charge is 0.481 e. The minimum absolute atomic E-state index is 0.235. The van der Waals surface area contributed by atoms with Crippen LogP contribution < -0.4 is 0 Å². The lowest BCUT2D eigenvalue weighted by Gasteiger charge is -2.25. The van der Waals surface area contributed by atoms with Crippen molar-refractivity contribution < 1.29 is 9.90 Å². The zero-order valence-electron chi connectivity index (χ0n) is 10.4. The molecule has 1 fully saturated rings. The SMILES string of the molecule is Cc1cccc([C@@H]2[C@@H](CC(=O)O)CCN2C)c1. The van der Waals surface area contributed by atoms with E-state index in [2.05, 4.69) is 43.1 Å². The van der Waals surface area contributed by atoms with E-state index < -0.39 is 5.97 Å². The van der Waals surface area contributed by atoms with Crippen molar-refractivity contribution in [3.8, 4) is 0 Å². The molecule has 0 aromatic heterocycles. The third kappa shape index (κ3) is 2.67. The first-order valence-corrected chi connectivity index (χ1v) is 6.06. The molecule has 0 radical (unpaired) electrons. The van der Waals surface area contributed by atoms with E-state index in [1.165, 1.54) is 11.1 Å². The summed E-state index contributed by atoms with van der Waals surface area (Å²) < 4.78 is 0.